The number of rotatable bonds is 36. The zero-order valence-electron chi connectivity index (χ0n) is 36.9. The second-order valence-corrected chi connectivity index (χ2v) is 20.1. The van der Waals surface area contributed by atoms with E-state index in [4.69, 9.17) is 0 Å². The summed E-state index contributed by atoms with van der Waals surface area (Å²) in [5, 5.41) is 0. The maximum Gasteiger partial charge on any atom is -0.0220 e. The van der Waals surface area contributed by atoms with Gasteiger partial charge in [-0.3, -0.25) is 0 Å². The van der Waals surface area contributed by atoms with Gasteiger partial charge < -0.3 is 0 Å². The molecule has 296 valence electrons. The fourth-order valence-electron chi connectivity index (χ4n) is 10.5. The van der Waals surface area contributed by atoms with Crippen LogP contribution in [0.15, 0.2) is 0 Å². The van der Waals surface area contributed by atoms with Gasteiger partial charge in [-0.15, -0.1) is 0 Å². The van der Waals surface area contributed by atoms with Crippen LogP contribution in [0, 0.1) is 27.6 Å². The van der Waals surface area contributed by atoms with E-state index in [0.717, 1.165) is 5.92 Å². The summed E-state index contributed by atoms with van der Waals surface area (Å²) in [6.45, 7) is 27.8. The van der Waals surface area contributed by atoms with Crippen molar-refractivity contribution in [1.29, 1.82) is 0 Å². The highest BCUT2D eigenvalue weighted by Gasteiger charge is 2.49. The van der Waals surface area contributed by atoms with Crippen molar-refractivity contribution in [3.05, 3.63) is 0 Å². The molecule has 0 heterocycles. The van der Waals surface area contributed by atoms with E-state index in [0.29, 0.717) is 21.7 Å². The molecule has 0 aliphatic heterocycles. The maximum atomic E-state index is 2.74. The highest BCUT2D eigenvalue weighted by molar-refractivity contribution is 4.99. The zero-order chi connectivity index (χ0) is 36.9. The third-order valence-corrected chi connectivity index (χ3v) is 12.7. The molecule has 0 saturated heterocycles. The van der Waals surface area contributed by atoms with Gasteiger partial charge in [0.05, 0.1) is 0 Å². The second kappa shape index (κ2) is 29.5. The molecular formula is C49H100. The van der Waals surface area contributed by atoms with E-state index >= 15 is 0 Å². The first-order valence-electron chi connectivity index (χ1n) is 23.3. The Hall–Kier alpha value is 0. The lowest BCUT2D eigenvalue weighted by Crippen LogP contribution is -2.46. The van der Waals surface area contributed by atoms with Crippen molar-refractivity contribution in [3.63, 3.8) is 0 Å². The van der Waals surface area contributed by atoms with E-state index in [-0.39, 0.29) is 0 Å². The number of unbranched alkanes of at least 4 members (excludes halogenated alkanes) is 25. The number of hydrogen-bond donors (Lipinski definition) is 0. The third kappa shape index (κ3) is 25.6. The van der Waals surface area contributed by atoms with Crippen molar-refractivity contribution >= 4 is 0 Å². The smallest absolute Gasteiger partial charge is 0.0220 e. The molecule has 0 aliphatic carbocycles. The summed E-state index contributed by atoms with van der Waals surface area (Å²) in [6, 6.07) is 0. The monoisotopic (exact) mass is 689 g/mol. The molecule has 0 bridgehead atoms. The Morgan fingerprint density at radius 3 is 0.939 bits per heavy atom. The van der Waals surface area contributed by atoms with Crippen LogP contribution in [0.4, 0.5) is 0 Å². The van der Waals surface area contributed by atoms with Gasteiger partial charge >= 0.3 is 0 Å². The summed E-state index contributed by atoms with van der Waals surface area (Å²) in [6.07, 6.45) is 47.6. The lowest BCUT2D eigenvalue weighted by Gasteiger charge is -2.55. The molecule has 0 fully saturated rings. The summed E-state index contributed by atoms with van der Waals surface area (Å²) in [4.78, 5) is 0. The molecule has 2 unspecified atom stereocenters. The van der Waals surface area contributed by atoms with Crippen LogP contribution in [-0.2, 0) is 0 Å². The van der Waals surface area contributed by atoms with Crippen molar-refractivity contribution in [1.82, 2.24) is 0 Å². The molecule has 0 spiro atoms. The second-order valence-electron chi connectivity index (χ2n) is 20.1. The SMILES string of the molecule is CCCCCCCCCCCCC(CCCCCCCCCCC)(C(C)CCCCCCCCCCC)C(C)(C)CC(C)(C)CC(C)(C)C. The standard InChI is InChI=1S/C49H100/c1-12-15-18-21-24-27-30-33-36-39-42-49(41-38-35-32-29-26-23-20-17-14-3,48(10,11)44-47(8,9)43-46(5,6)7)45(4)40-37-34-31-28-25-22-19-16-13-2/h45H,12-44H2,1-11H3. The molecule has 0 amide bonds. The molecule has 0 radical (unpaired) electrons. The van der Waals surface area contributed by atoms with E-state index < -0.39 is 0 Å². The van der Waals surface area contributed by atoms with E-state index in [1.165, 1.54) is 212 Å². The molecule has 0 aromatic rings. The van der Waals surface area contributed by atoms with Gasteiger partial charge in [0.15, 0.2) is 0 Å². The highest BCUT2D eigenvalue weighted by Crippen LogP contribution is 2.59. The van der Waals surface area contributed by atoms with Gasteiger partial charge in [0.1, 0.15) is 0 Å². The van der Waals surface area contributed by atoms with E-state index in [1.807, 2.05) is 0 Å². The first kappa shape index (κ1) is 49.0. The third-order valence-electron chi connectivity index (χ3n) is 12.7. The molecule has 0 aromatic carbocycles. The molecule has 0 nitrogen and oxygen atoms in total. The molecule has 0 rings (SSSR count). The van der Waals surface area contributed by atoms with Gasteiger partial charge in [-0.2, -0.15) is 0 Å². The van der Waals surface area contributed by atoms with E-state index in [9.17, 15) is 0 Å². The van der Waals surface area contributed by atoms with Gasteiger partial charge in [0.25, 0.3) is 0 Å². The van der Waals surface area contributed by atoms with Crippen LogP contribution in [0.5, 0.6) is 0 Å². The summed E-state index contributed by atoms with van der Waals surface area (Å²) < 4.78 is 0. The Balaban J connectivity index is 5.68. The summed E-state index contributed by atoms with van der Waals surface area (Å²) in [5.74, 6) is 0.824. The van der Waals surface area contributed by atoms with Crippen LogP contribution in [0.25, 0.3) is 0 Å². The van der Waals surface area contributed by atoms with Crippen LogP contribution in [0.1, 0.15) is 288 Å². The average molecular weight is 689 g/mol. The minimum atomic E-state index is 0.361. The molecule has 0 aromatic heterocycles. The fraction of sp³-hybridized carbons (Fsp3) is 1.00. The molecule has 0 heteroatoms. The Morgan fingerprint density at radius 2 is 0.633 bits per heavy atom. The van der Waals surface area contributed by atoms with Crippen molar-refractivity contribution in [3.8, 4) is 0 Å². The average Bonchev–Trinajstić information content (AvgIpc) is 3.01. The van der Waals surface area contributed by atoms with E-state index in [2.05, 4.69) is 76.2 Å². The number of hydrogen-bond acceptors (Lipinski definition) is 0. The van der Waals surface area contributed by atoms with Crippen molar-refractivity contribution < 1.29 is 0 Å². The van der Waals surface area contributed by atoms with E-state index in [1.54, 1.807) is 0 Å². The largest absolute Gasteiger partial charge is 0.0654 e. The van der Waals surface area contributed by atoms with Crippen molar-refractivity contribution in [2.45, 2.75) is 288 Å². The first-order chi connectivity index (χ1) is 23.3. The Labute approximate surface area is 314 Å². The van der Waals surface area contributed by atoms with Crippen LogP contribution in [-0.4, -0.2) is 0 Å². The quantitative estimate of drug-likeness (QED) is 0.0575. The lowest BCUT2D eigenvalue weighted by molar-refractivity contribution is -0.0513. The Morgan fingerprint density at radius 1 is 0.347 bits per heavy atom. The van der Waals surface area contributed by atoms with Crippen LogP contribution in [0.2, 0.25) is 0 Å². The highest BCUT2D eigenvalue weighted by atomic mass is 14.5. The van der Waals surface area contributed by atoms with Gasteiger partial charge in [-0.05, 0) is 53.3 Å². The predicted octanol–water partition coefficient (Wildman–Crippen LogP) is 18.6. The zero-order valence-corrected chi connectivity index (χ0v) is 36.9. The summed E-state index contributed by atoms with van der Waals surface area (Å²) in [7, 11) is 0. The molecule has 0 N–H and O–H groups in total. The molecule has 0 saturated carbocycles. The lowest BCUT2D eigenvalue weighted by atomic mass is 9.50. The van der Waals surface area contributed by atoms with Crippen LogP contribution >= 0.6 is 0 Å². The maximum absolute atomic E-state index is 2.74. The minimum absolute atomic E-state index is 0.361. The Bertz CT molecular complexity index is 691. The normalized spacial score (nSPS) is 14.8. The van der Waals surface area contributed by atoms with Gasteiger partial charge in [-0.1, -0.05) is 262 Å². The summed E-state index contributed by atoms with van der Waals surface area (Å²) in [5.41, 5.74) is 1.59. The molecule has 2 atom stereocenters. The van der Waals surface area contributed by atoms with Crippen molar-refractivity contribution in [2.75, 3.05) is 0 Å². The first-order valence-corrected chi connectivity index (χ1v) is 23.3. The predicted molar refractivity (Wildman–Crippen MR) is 228 cm³/mol. The van der Waals surface area contributed by atoms with Crippen LogP contribution < -0.4 is 0 Å². The van der Waals surface area contributed by atoms with Gasteiger partial charge in [0, 0.05) is 0 Å². The fourth-order valence-corrected chi connectivity index (χ4v) is 10.5. The van der Waals surface area contributed by atoms with Crippen molar-refractivity contribution in [2.24, 2.45) is 27.6 Å². The topological polar surface area (TPSA) is 0 Å². The molecule has 49 heavy (non-hydrogen) atoms. The minimum Gasteiger partial charge on any atom is -0.0654 e. The molecule has 0 aliphatic rings. The summed E-state index contributed by atoms with van der Waals surface area (Å²) >= 11 is 0. The van der Waals surface area contributed by atoms with Crippen LogP contribution in [0.3, 0.4) is 0 Å². The van der Waals surface area contributed by atoms with Gasteiger partial charge in [-0.25, -0.2) is 0 Å². The van der Waals surface area contributed by atoms with Gasteiger partial charge in [0.2, 0.25) is 0 Å². The Kier molecular flexibility index (Phi) is 29.5. The molecular weight excluding hydrogens is 589 g/mol.